The van der Waals surface area contributed by atoms with Crippen LogP contribution in [0, 0.1) is 0 Å². The van der Waals surface area contributed by atoms with Crippen molar-refractivity contribution in [3.63, 3.8) is 0 Å². The smallest absolute Gasteiger partial charge is 0.260 e. The molecule has 2 heterocycles. The Bertz CT molecular complexity index is 1010. The first-order valence-corrected chi connectivity index (χ1v) is 9.81. The molecule has 0 saturated heterocycles. The number of rotatable bonds is 4. The number of carbonyl (C=O) groups excluding carboxylic acids is 1. The topological polar surface area (TPSA) is 57.2 Å². The Hall–Kier alpha value is -2.64. The fraction of sp³-hybridized carbons (Fsp3) is 0.238. The van der Waals surface area contributed by atoms with E-state index >= 15 is 0 Å². The standard InChI is InChI=1S/C21H21BrN4O2/c1-25(2)11-12-28-24-18-13-7-4-5-10-16(13)23-19(18)17-14-8-6-9-15(22)20(14)26(3)21(17)27/h4-10,23H,11-12H2,1-3H3/b19-17-,24-18+. The molecule has 1 amide bonds. The van der Waals surface area contributed by atoms with Gasteiger partial charge in [0, 0.05) is 34.9 Å². The first-order chi connectivity index (χ1) is 13.5. The van der Waals surface area contributed by atoms with E-state index in [0.717, 1.165) is 33.5 Å². The highest BCUT2D eigenvalue weighted by atomic mass is 79.9. The van der Waals surface area contributed by atoms with Gasteiger partial charge in [-0.3, -0.25) is 4.79 Å². The van der Waals surface area contributed by atoms with Crippen molar-refractivity contribution in [1.82, 2.24) is 4.90 Å². The van der Waals surface area contributed by atoms with Crippen LogP contribution in [0.3, 0.4) is 0 Å². The highest BCUT2D eigenvalue weighted by molar-refractivity contribution is 9.10. The molecule has 0 fully saturated rings. The quantitative estimate of drug-likeness (QED) is 0.448. The molecule has 0 saturated carbocycles. The van der Waals surface area contributed by atoms with Gasteiger partial charge in [0.05, 0.1) is 17.0 Å². The Labute approximate surface area is 172 Å². The first-order valence-electron chi connectivity index (χ1n) is 9.01. The molecule has 2 aromatic rings. The summed E-state index contributed by atoms with van der Waals surface area (Å²) in [5.74, 6) is -0.0711. The zero-order valence-electron chi connectivity index (χ0n) is 16.0. The summed E-state index contributed by atoms with van der Waals surface area (Å²) in [5, 5.41) is 7.79. The van der Waals surface area contributed by atoms with E-state index in [1.165, 1.54) is 0 Å². The summed E-state index contributed by atoms with van der Waals surface area (Å²) >= 11 is 3.56. The average molecular weight is 441 g/mol. The normalized spacial score (nSPS) is 19.2. The van der Waals surface area contributed by atoms with Crippen LogP contribution in [-0.2, 0) is 9.63 Å². The molecule has 144 valence electrons. The molecule has 6 nitrogen and oxygen atoms in total. The number of likely N-dealkylation sites (N-methyl/N-ethyl adjacent to an activating group) is 2. The Balaban J connectivity index is 1.83. The summed E-state index contributed by atoms with van der Waals surface area (Å²) in [6, 6.07) is 13.7. The zero-order chi connectivity index (χ0) is 19.8. The molecule has 2 aromatic carbocycles. The third kappa shape index (κ3) is 3.10. The number of para-hydroxylation sites is 2. The number of anilines is 2. The van der Waals surface area contributed by atoms with Crippen LogP contribution in [0.15, 0.2) is 57.8 Å². The second kappa shape index (κ2) is 7.41. The summed E-state index contributed by atoms with van der Waals surface area (Å²) in [6.07, 6.45) is 0. The molecule has 0 atom stereocenters. The Morgan fingerprint density at radius 3 is 2.68 bits per heavy atom. The van der Waals surface area contributed by atoms with Gasteiger partial charge in [-0.2, -0.15) is 0 Å². The lowest BCUT2D eigenvalue weighted by atomic mass is 10.0. The maximum absolute atomic E-state index is 13.1. The highest BCUT2D eigenvalue weighted by Crippen LogP contribution is 2.44. The molecular weight excluding hydrogens is 420 g/mol. The molecule has 2 aliphatic heterocycles. The van der Waals surface area contributed by atoms with Crippen molar-refractivity contribution in [2.45, 2.75) is 0 Å². The van der Waals surface area contributed by atoms with Crippen LogP contribution in [0.25, 0.3) is 5.57 Å². The first kappa shape index (κ1) is 18.7. The molecule has 28 heavy (non-hydrogen) atoms. The van der Waals surface area contributed by atoms with Crippen molar-refractivity contribution >= 4 is 44.5 Å². The Morgan fingerprint density at radius 1 is 1.14 bits per heavy atom. The maximum atomic E-state index is 13.1. The molecule has 2 aliphatic rings. The fourth-order valence-corrected chi connectivity index (χ4v) is 4.05. The number of halogens is 1. The number of oxime groups is 1. The van der Waals surface area contributed by atoms with Crippen molar-refractivity contribution in [3.05, 3.63) is 63.8 Å². The molecule has 1 N–H and O–H groups in total. The molecule has 0 radical (unpaired) electrons. The number of carbonyl (C=O) groups is 1. The van der Waals surface area contributed by atoms with Crippen molar-refractivity contribution in [1.29, 1.82) is 0 Å². The lowest BCUT2D eigenvalue weighted by Crippen LogP contribution is -2.22. The monoisotopic (exact) mass is 440 g/mol. The summed E-state index contributed by atoms with van der Waals surface area (Å²) in [5.41, 5.74) is 5.51. The molecule has 0 unspecified atom stereocenters. The number of benzene rings is 2. The number of hydrogen-bond acceptors (Lipinski definition) is 5. The molecule has 0 bridgehead atoms. The van der Waals surface area contributed by atoms with Gasteiger partial charge < -0.3 is 20.0 Å². The molecular formula is C21H21BrN4O2. The summed E-state index contributed by atoms with van der Waals surface area (Å²) < 4.78 is 0.882. The van der Waals surface area contributed by atoms with E-state index in [0.29, 0.717) is 23.6 Å². The van der Waals surface area contributed by atoms with Gasteiger partial charge in [0.2, 0.25) is 0 Å². The van der Waals surface area contributed by atoms with Crippen molar-refractivity contribution in [2.75, 3.05) is 44.5 Å². The van der Waals surface area contributed by atoms with Gasteiger partial charge in [-0.15, -0.1) is 0 Å². The predicted octanol–water partition coefficient (Wildman–Crippen LogP) is 3.54. The van der Waals surface area contributed by atoms with Crippen LogP contribution in [-0.4, -0.2) is 50.8 Å². The van der Waals surface area contributed by atoms with Crippen molar-refractivity contribution in [3.8, 4) is 0 Å². The van der Waals surface area contributed by atoms with Crippen LogP contribution < -0.4 is 10.2 Å². The minimum atomic E-state index is -0.0711. The van der Waals surface area contributed by atoms with Crippen molar-refractivity contribution in [2.24, 2.45) is 5.16 Å². The van der Waals surface area contributed by atoms with Gasteiger partial charge in [0.1, 0.15) is 12.3 Å². The lowest BCUT2D eigenvalue weighted by Gasteiger charge is -2.11. The van der Waals surface area contributed by atoms with Gasteiger partial charge in [0.15, 0.2) is 0 Å². The number of fused-ring (bicyclic) bond motifs is 2. The minimum absolute atomic E-state index is 0.0711. The van der Waals surface area contributed by atoms with E-state index < -0.39 is 0 Å². The van der Waals surface area contributed by atoms with Crippen LogP contribution in [0.4, 0.5) is 11.4 Å². The van der Waals surface area contributed by atoms with Gasteiger partial charge >= 0.3 is 0 Å². The van der Waals surface area contributed by atoms with Gasteiger partial charge in [0.25, 0.3) is 5.91 Å². The van der Waals surface area contributed by atoms with Gasteiger partial charge in [-0.25, -0.2) is 0 Å². The average Bonchev–Trinajstić information content (AvgIpc) is 3.15. The molecule has 4 rings (SSSR count). The van der Waals surface area contributed by atoms with Gasteiger partial charge in [-0.1, -0.05) is 35.5 Å². The molecule has 0 aliphatic carbocycles. The van der Waals surface area contributed by atoms with E-state index in [-0.39, 0.29) is 5.91 Å². The summed E-state index contributed by atoms with van der Waals surface area (Å²) in [6.45, 7) is 1.23. The number of nitrogens with zero attached hydrogens (tertiary/aromatic N) is 3. The second-order valence-electron chi connectivity index (χ2n) is 7.00. The SMILES string of the molecule is CN(C)CCO/N=C1/C(=C2/C(=O)N(C)c3c(Br)cccc32)Nc2ccccc21. The third-order valence-electron chi connectivity index (χ3n) is 4.82. The lowest BCUT2D eigenvalue weighted by molar-refractivity contribution is -0.112. The van der Waals surface area contributed by atoms with Crippen LogP contribution >= 0.6 is 15.9 Å². The van der Waals surface area contributed by atoms with E-state index in [2.05, 4.69) is 26.4 Å². The van der Waals surface area contributed by atoms with Crippen LogP contribution in [0.1, 0.15) is 11.1 Å². The Morgan fingerprint density at radius 2 is 1.89 bits per heavy atom. The zero-order valence-corrected chi connectivity index (χ0v) is 17.6. The van der Waals surface area contributed by atoms with Crippen molar-refractivity contribution < 1.29 is 9.63 Å². The third-order valence-corrected chi connectivity index (χ3v) is 5.46. The molecule has 0 aromatic heterocycles. The maximum Gasteiger partial charge on any atom is 0.260 e. The van der Waals surface area contributed by atoms with E-state index in [4.69, 9.17) is 4.84 Å². The number of amides is 1. The Kier molecular flexibility index (Phi) is 4.95. The van der Waals surface area contributed by atoms with Gasteiger partial charge in [-0.05, 0) is 42.2 Å². The largest absolute Gasteiger partial charge is 0.394 e. The molecule has 0 spiro atoms. The fourth-order valence-electron chi connectivity index (χ4n) is 3.42. The highest BCUT2D eigenvalue weighted by Gasteiger charge is 2.38. The van der Waals surface area contributed by atoms with Crippen LogP contribution in [0.2, 0.25) is 0 Å². The van der Waals surface area contributed by atoms with Crippen LogP contribution in [0.5, 0.6) is 0 Å². The molecule has 7 heteroatoms. The summed E-state index contributed by atoms with van der Waals surface area (Å²) in [7, 11) is 5.75. The predicted molar refractivity (Wildman–Crippen MR) is 116 cm³/mol. The summed E-state index contributed by atoms with van der Waals surface area (Å²) in [4.78, 5) is 22.4. The van der Waals surface area contributed by atoms with E-state index in [1.54, 1.807) is 11.9 Å². The number of nitrogens with one attached hydrogen (secondary N) is 1. The second-order valence-corrected chi connectivity index (χ2v) is 7.85. The number of hydrogen-bond donors (Lipinski definition) is 1. The minimum Gasteiger partial charge on any atom is -0.394 e. The van der Waals surface area contributed by atoms with E-state index in [1.807, 2.05) is 61.5 Å². The number of allylic oxidation sites excluding steroid dienone is 1. The van der Waals surface area contributed by atoms with E-state index in [9.17, 15) is 4.79 Å².